The van der Waals surface area contributed by atoms with Crippen LogP contribution in [0.4, 0.5) is 5.82 Å². The Labute approximate surface area is 110 Å². The van der Waals surface area contributed by atoms with Crippen molar-refractivity contribution in [2.75, 3.05) is 25.5 Å². The highest BCUT2D eigenvalue weighted by Gasteiger charge is 2.15. The van der Waals surface area contributed by atoms with Gasteiger partial charge in [0.15, 0.2) is 6.29 Å². The molecular formula is C11H15ClN4O2. The normalized spacial score (nSPS) is 10.0. The molecule has 1 amide bonds. The summed E-state index contributed by atoms with van der Waals surface area (Å²) in [6.45, 7) is 2.13. The number of nitrogens with one attached hydrogen (secondary N) is 1. The zero-order valence-electron chi connectivity index (χ0n) is 10.5. The molecule has 0 aliphatic carbocycles. The maximum atomic E-state index is 11.2. The lowest BCUT2D eigenvalue weighted by Gasteiger charge is -2.19. The van der Waals surface area contributed by atoms with Crippen LogP contribution in [0.25, 0.3) is 0 Å². The molecule has 1 heterocycles. The second-order valence-electron chi connectivity index (χ2n) is 3.76. The highest BCUT2D eigenvalue weighted by Crippen LogP contribution is 2.21. The highest BCUT2D eigenvalue weighted by molar-refractivity contribution is 6.32. The van der Waals surface area contributed by atoms with Crippen molar-refractivity contribution in [2.45, 2.75) is 13.3 Å². The van der Waals surface area contributed by atoms with Crippen LogP contribution in [0.3, 0.4) is 0 Å². The lowest BCUT2D eigenvalue weighted by molar-refractivity contribution is -0.120. The minimum atomic E-state index is -0.0774. The Morgan fingerprint density at radius 2 is 2.17 bits per heavy atom. The first-order valence-electron chi connectivity index (χ1n) is 5.40. The number of carbonyl (C=O) groups excluding carboxylic acids is 2. The van der Waals surface area contributed by atoms with E-state index >= 15 is 0 Å². The number of halogens is 1. The fraction of sp³-hybridized carbons (Fsp3) is 0.455. The standard InChI is InChI=1S/C11H15ClN4O2/c1-7-14-10(12)8(6-17)11(15-7)16(3)5-4-9(18)13-2/h6H,4-5H2,1-3H3,(H,13,18). The predicted octanol–water partition coefficient (Wildman–Crippen LogP) is 0.823. The molecule has 1 aromatic rings. The van der Waals surface area contributed by atoms with Gasteiger partial charge in [-0.05, 0) is 6.92 Å². The van der Waals surface area contributed by atoms with E-state index in [4.69, 9.17) is 11.6 Å². The van der Waals surface area contributed by atoms with Gasteiger partial charge in [-0.15, -0.1) is 0 Å². The van der Waals surface area contributed by atoms with Crippen LogP contribution >= 0.6 is 11.6 Å². The molecule has 0 saturated heterocycles. The Hall–Kier alpha value is -1.69. The number of aldehydes is 1. The first-order chi connectivity index (χ1) is 8.49. The lowest BCUT2D eigenvalue weighted by Crippen LogP contribution is -2.28. The summed E-state index contributed by atoms with van der Waals surface area (Å²) in [4.78, 5) is 32.0. The van der Waals surface area contributed by atoms with Crippen LogP contribution in [0.15, 0.2) is 0 Å². The number of amides is 1. The average Bonchev–Trinajstić information content (AvgIpc) is 2.34. The van der Waals surface area contributed by atoms with Gasteiger partial charge >= 0.3 is 0 Å². The summed E-state index contributed by atoms with van der Waals surface area (Å²) >= 11 is 5.88. The average molecular weight is 271 g/mol. The molecule has 7 heteroatoms. The van der Waals surface area contributed by atoms with Crippen LogP contribution in [-0.2, 0) is 4.79 Å². The third kappa shape index (κ3) is 3.40. The van der Waals surface area contributed by atoms with Gasteiger partial charge in [0.25, 0.3) is 0 Å². The van der Waals surface area contributed by atoms with Gasteiger partial charge in [0, 0.05) is 27.1 Å². The van der Waals surface area contributed by atoms with Crippen LogP contribution < -0.4 is 10.2 Å². The van der Waals surface area contributed by atoms with Gasteiger partial charge in [0.05, 0.1) is 5.56 Å². The number of hydrogen-bond acceptors (Lipinski definition) is 5. The van der Waals surface area contributed by atoms with Gasteiger partial charge in [-0.25, -0.2) is 9.97 Å². The minimum absolute atomic E-state index is 0.0774. The maximum absolute atomic E-state index is 11.2. The zero-order valence-corrected chi connectivity index (χ0v) is 11.3. The van der Waals surface area contributed by atoms with Crippen molar-refractivity contribution in [2.24, 2.45) is 0 Å². The van der Waals surface area contributed by atoms with Gasteiger partial charge in [-0.1, -0.05) is 11.6 Å². The highest BCUT2D eigenvalue weighted by atomic mass is 35.5. The van der Waals surface area contributed by atoms with Crippen LogP contribution in [0.1, 0.15) is 22.6 Å². The number of hydrogen-bond donors (Lipinski definition) is 1. The van der Waals surface area contributed by atoms with Crippen LogP contribution in [0, 0.1) is 6.92 Å². The van der Waals surface area contributed by atoms with E-state index in [9.17, 15) is 9.59 Å². The molecule has 98 valence electrons. The van der Waals surface area contributed by atoms with Gasteiger partial charge in [0.2, 0.25) is 5.91 Å². The molecule has 0 aromatic carbocycles. The Balaban J connectivity index is 2.93. The van der Waals surface area contributed by atoms with Gasteiger partial charge in [0.1, 0.15) is 16.8 Å². The molecule has 1 rings (SSSR count). The Bertz CT molecular complexity index is 465. The van der Waals surface area contributed by atoms with Crippen molar-refractivity contribution in [3.8, 4) is 0 Å². The van der Waals surface area contributed by atoms with Crippen molar-refractivity contribution in [3.05, 3.63) is 16.5 Å². The van der Waals surface area contributed by atoms with Crippen LogP contribution in [0.5, 0.6) is 0 Å². The zero-order chi connectivity index (χ0) is 13.7. The second-order valence-corrected chi connectivity index (χ2v) is 4.12. The van der Waals surface area contributed by atoms with Gasteiger partial charge < -0.3 is 10.2 Å². The van der Waals surface area contributed by atoms with Gasteiger partial charge in [-0.3, -0.25) is 9.59 Å². The van der Waals surface area contributed by atoms with E-state index in [0.717, 1.165) is 0 Å². The molecule has 0 saturated carbocycles. The summed E-state index contributed by atoms with van der Waals surface area (Å²) in [5, 5.41) is 2.65. The van der Waals surface area contributed by atoms with Crippen molar-refractivity contribution in [1.82, 2.24) is 15.3 Å². The summed E-state index contributed by atoms with van der Waals surface area (Å²) in [7, 11) is 3.32. The number of nitrogens with zero attached hydrogens (tertiary/aromatic N) is 3. The molecule has 0 aliphatic rings. The van der Waals surface area contributed by atoms with E-state index < -0.39 is 0 Å². The lowest BCUT2D eigenvalue weighted by atomic mass is 10.3. The van der Waals surface area contributed by atoms with Crippen LogP contribution in [-0.4, -0.2) is 42.8 Å². The summed E-state index contributed by atoms with van der Waals surface area (Å²) in [5.74, 6) is 0.838. The SMILES string of the molecule is CNC(=O)CCN(C)c1nc(C)nc(Cl)c1C=O. The maximum Gasteiger partial charge on any atom is 0.221 e. The van der Waals surface area contributed by atoms with Crippen molar-refractivity contribution < 1.29 is 9.59 Å². The summed E-state index contributed by atoms with van der Waals surface area (Å²) < 4.78 is 0. The summed E-state index contributed by atoms with van der Waals surface area (Å²) in [5.41, 5.74) is 0.238. The smallest absolute Gasteiger partial charge is 0.221 e. The largest absolute Gasteiger partial charge is 0.359 e. The molecule has 0 unspecified atom stereocenters. The molecule has 0 fully saturated rings. The summed E-state index contributed by atoms with van der Waals surface area (Å²) in [6.07, 6.45) is 0.930. The van der Waals surface area contributed by atoms with E-state index in [2.05, 4.69) is 15.3 Å². The molecular weight excluding hydrogens is 256 g/mol. The first kappa shape index (κ1) is 14.4. The van der Waals surface area contributed by atoms with Crippen LogP contribution in [0.2, 0.25) is 5.15 Å². The Morgan fingerprint density at radius 3 is 2.72 bits per heavy atom. The Kier molecular flexibility index (Phi) is 5.03. The number of anilines is 1. The van der Waals surface area contributed by atoms with Crippen molar-refractivity contribution in [3.63, 3.8) is 0 Å². The van der Waals surface area contributed by atoms with E-state index in [1.165, 1.54) is 0 Å². The van der Waals surface area contributed by atoms with Crippen molar-refractivity contribution in [1.29, 1.82) is 0 Å². The predicted molar refractivity (Wildman–Crippen MR) is 69.1 cm³/mol. The number of carbonyl (C=O) groups is 2. The molecule has 0 atom stereocenters. The monoisotopic (exact) mass is 270 g/mol. The molecule has 6 nitrogen and oxygen atoms in total. The number of aromatic nitrogens is 2. The van der Waals surface area contributed by atoms with Crippen molar-refractivity contribution >= 4 is 29.6 Å². The third-order valence-electron chi connectivity index (χ3n) is 2.42. The molecule has 0 spiro atoms. The molecule has 0 radical (unpaired) electrons. The fourth-order valence-corrected chi connectivity index (χ4v) is 1.68. The van der Waals surface area contributed by atoms with E-state index in [-0.39, 0.29) is 16.6 Å². The molecule has 0 bridgehead atoms. The minimum Gasteiger partial charge on any atom is -0.359 e. The number of rotatable bonds is 5. The number of aryl methyl sites for hydroxylation is 1. The fourth-order valence-electron chi connectivity index (χ4n) is 1.43. The van der Waals surface area contributed by atoms with E-state index in [1.54, 1.807) is 25.9 Å². The van der Waals surface area contributed by atoms with E-state index in [0.29, 0.717) is 30.9 Å². The molecule has 1 N–H and O–H groups in total. The second kappa shape index (κ2) is 6.30. The first-order valence-corrected chi connectivity index (χ1v) is 5.78. The topological polar surface area (TPSA) is 75.2 Å². The van der Waals surface area contributed by atoms with Gasteiger partial charge in [-0.2, -0.15) is 0 Å². The quantitative estimate of drug-likeness (QED) is 0.633. The summed E-state index contributed by atoms with van der Waals surface area (Å²) in [6, 6.07) is 0. The Morgan fingerprint density at radius 1 is 1.50 bits per heavy atom. The van der Waals surface area contributed by atoms with E-state index in [1.807, 2.05) is 0 Å². The third-order valence-corrected chi connectivity index (χ3v) is 2.71. The molecule has 0 aliphatic heterocycles. The molecule has 1 aromatic heterocycles. The molecule has 18 heavy (non-hydrogen) atoms.